The minimum atomic E-state index is -1.56. The number of aliphatic hydroxyl groups excluding tert-OH is 3. The van der Waals surface area contributed by atoms with Crippen LogP contribution >= 0.6 is 0 Å². The van der Waals surface area contributed by atoms with Crippen molar-refractivity contribution < 1.29 is 20.1 Å². The van der Waals surface area contributed by atoms with Crippen LogP contribution in [0.15, 0.2) is 57.6 Å². The van der Waals surface area contributed by atoms with Crippen LogP contribution in [0.2, 0.25) is 0 Å². The van der Waals surface area contributed by atoms with Crippen LogP contribution in [-0.2, 0) is 11.3 Å². The first-order chi connectivity index (χ1) is 12.8. The van der Waals surface area contributed by atoms with Crippen LogP contribution in [-0.4, -0.2) is 42.9 Å². The number of rotatable bonds is 5. The second-order valence-corrected chi connectivity index (χ2v) is 6.14. The van der Waals surface area contributed by atoms with Gasteiger partial charge in [-0.3, -0.25) is 13.9 Å². The van der Waals surface area contributed by atoms with Gasteiger partial charge in [-0.25, -0.2) is 4.79 Å². The summed E-state index contributed by atoms with van der Waals surface area (Å²) in [6, 6.07) is 8.24. The summed E-state index contributed by atoms with van der Waals surface area (Å²) in [7, 11) is 0. The molecule has 1 aliphatic rings. The Morgan fingerprint density at radius 3 is 2.59 bits per heavy atom. The number of nitrogens with zero attached hydrogens (tertiary/aromatic N) is 2. The van der Waals surface area contributed by atoms with Crippen LogP contribution in [0.25, 0.3) is 0 Å². The maximum absolute atomic E-state index is 12.8. The van der Waals surface area contributed by atoms with Crippen molar-refractivity contribution in [3.63, 3.8) is 0 Å². The van der Waals surface area contributed by atoms with Crippen molar-refractivity contribution in [3.8, 4) is 0 Å². The first kappa shape index (κ1) is 18.6. The summed E-state index contributed by atoms with van der Waals surface area (Å²) in [5.41, 5.74) is 0.106. The van der Waals surface area contributed by atoms with Gasteiger partial charge in [0, 0.05) is 12.3 Å². The lowest BCUT2D eigenvalue weighted by Gasteiger charge is -2.19. The number of ether oxygens (including phenoxy) is 1. The SMILES string of the molecule is Cc1ccccc1C(=N)Cn1c(=O)ccn([C@@H]2OC(CO)=C(O)C2O)c1=O. The molecule has 2 heterocycles. The summed E-state index contributed by atoms with van der Waals surface area (Å²) in [4.78, 5) is 24.9. The summed E-state index contributed by atoms with van der Waals surface area (Å²) in [6.07, 6.45) is -1.74. The Morgan fingerprint density at radius 2 is 1.96 bits per heavy atom. The molecule has 2 aromatic rings. The van der Waals surface area contributed by atoms with Crippen LogP contribution in [0, 0.1) is 12.3 Å². The molecule has 4 N–H and O–H groups in total. The van der Waals surface area contributed by atoms with E-state index < -0.39 is 35.9 Å². The molecule has 0 amide bonds. The standard InChI is InChI=1S/C18H19N3O6/c1-10-4-2-3-5-11(10)12(19)8-21-14(23)6-7-20(18(21)26)17-16(25)15(24)13(9-22)27-17/h2-7,16-17,19,22,24-25H,8-9H2,1H3/t16?,17-/m1/s1. The number of nitrogens with one attached hydrogen (secondary N) is 1. The maximum atomic E-state index is 12.8. The zero-order chi connectivity index (χ0) is 19.7. The Bertz CT molecular complexity index is 1040. The van der Waals surface area contributed by atoms with Gasteiger partial charge in [0.05, 0.1) is 12.3 Å². The van der Waals surface area contributed by atoms with Crippen molar-refractivity contribution in [1.82, 2.24) is 9.13 Å². The summed E-state index contributed by atoms with van der Waals surface area (Å²) in [5, 5.41) is 37.2. The lowest BCUT2D eigenvalue weighted by atomic mass is 10.0. The molecule has 9 nitrogen and oxygen atoms in total. The summed E-state index contributed by atoms with van der Waals surface area (Å²) in [5.74, 6) is -0.815. The lowest BCUT2D eigenvalue weighted by Crippen LogP contribution is -2.43. The molecular weight excluding hydrogens is 354 g/mol. The van der Waals surface area contributed by atoms with E-state index in [0.29, 0.717) is 5.56 Å². The largest absolute Gasteiger partial charge is 0.506 e. The highest BCUT2D eigenvalue weighted by atomic mass is 16.5. The smallest absolute Gasteiger partial charge is 0.334 e. The Hall–Kier alpha value is -3.17. The minimum absolute atomic E-state index is 0.0787. The van der Waals surface area contributed by atoms with Gasteiger partial charge < -0.3 is 25.5 Å². The van der Waals surface area contributed by atoms with Crippen molar-refractivity contribution in [2.45, 2.75) is 25.8 Å². The van der Waals surface area contributed by atoms with Crippen molar-refractivity contribution in [2.75, 3.05) is 6.61 Å². The molecular formula is C18H19N3O6. The van der Waals surface area contributed by atoms with Gasteiger partial charge in [0.15, 0.2) is 17.6 Å². The van der Waals surface area contributed by atoms with Crippen LogP contribution in [0.1, 0.15) is 17.4 Å². The van der Waals surface area contributed by atoms with Crippen LogP contribution in [0.3, 0.4) is 0 Å². The van der Waals surface area contributed by atoms with Gasteiger partial charge in [-0.1, -0.05) is 24.3 Å². The fraction of sp³-hybridized carbons (Fsp3) is 0.278. The summed E-state index contributed by atoms with van der Waals surface area (Å²) >= 11 is 0. The van der Waals surface area contributed by atoms with E-state index in [1.165, 1.54) is 0 Å². The monoisotopic (exact) mass is 373 g/mol. The van der Waals surface area contributed by atoms with Gasteiger partial charge in [0.2, 0.25) is 6.23 Å². The van der Waals surface area contributed by atoms with E-state index in [1.54, 1.807) is 12.1 Å². The number of aryl methyl sites for hydroxylation is 1. The molecule has 142 valence electrons. The minimum Gasteiger partial charge on any atom is -0.506 e. The van der Waals surface area contributed by atoms with Gasteiger partial charge in [-0.2, -0.15) is 0 Å². The molecule has 2 atom stereocenters. The predicted octanol–water partition coefficient (Wildman–Crippen LogP) is 0.0381. The molecule has 0 fully saturated rings. The quantitative estimate of drug-likeness (QED) is 0.546. The van der Waals surface area contributed by atoms with Crippen molar-refractivity contribution in [2.24, 2.45) is 0 Å². The van der Waals surface area contributed by atoms with Gasteiger partial charge in [0.1, 0.15) is 6.61 Å². The van der Waals surface area contributed by atoms with Crippen molar-refractivity contribution in [1.29, 1.82) is 5.41 Å². The van der Waals surface area contributed by atoms with Gasteiger partial charge in [0.25, 0.3) is 5.56 Å². The molecule has 0 saturated heterocycles. The van der Waals surface area contributed by atoms with E-state index in [2.05, 4.69) is 0 Å². The van der Waals surface area contributed by atoms with E-state index in [1.807, 2.05) is 19.1 Å². The third kappa shape index (κ3) is 3.29. The van der Waals surface area contributed by atoms with E-state index in [4.69, 9.17) is 15.3 Å². The molecule has 0 saturated carbocycles. The fourth-order valence-corrected chi connectivity index (χ4v) is 2.92. The molecule has 3 rings (SSSR count). The average molecular weight is 373 g/mol. The molecule has 0 aliphatic carbocycles. The number of hydrogen-bond donors (Lipinski definition) is 4. The second kappa shape index (κ2) is 7.22. The molecule has 0 radical (unpaired) electrons. The highest BCUT2D eigenvalue weighted by molar-refractivity contribution is 5.99. The molecule has 1 aromatic carbocycles. The Balaban J connectivity index is 1.96. The van der Waals surface area contributed by atoms with Gasteiger partial charge >= 0.3 is 5.69 Å². The summed E-state index contributed by atoms with van der Waals surface area (Å²) in [6.45, 7) is 0.910. The second-order valence-electron chi connectivity index (χ2n) is 6.14. The molecule has 1 aliphatic heterocycles. The van der Waals surface area contributed by atoms with E-state index in [-0.39, 0.29) is 18.0 Å². The first-order valence-corrected chi connectivity index (χ1v) is 8.18. The molecule has 9 heteroatoms. The van der Waals surface area contributed by atoms with Crippen LogP contribution < -0.4 is 11.2 Å². The number of hydrogen-bond acceptors (Lipinski definition) is 7. The highest BCUT2D eigenvalue weighted by Gasteiger charge is 2.37. The Kier molecular flexibility index (Phi) is 4.98. The number of aromatic nitrogens is 2. The normalized spacial score (nSPS) is 19.2. The Morgan fingerprint density at radius 1 is 1.26 bits per heavy atom. The third-order valence-electron chi connectivity index (χ3n) is 4.40. The summed E-state index contributed by atoms with van der Waals surface area (Å²) < 4.78 is 7.02. The fourth-order valence-electron chi connectivity index (χ4n) is 2.92. The lowest BCUT2D eigenvalue weighted by molar-refractivity contribution is -0.0179. The van der Waals surface area contributed by atoms with E-state index in [9.17, 15) is 19.8 Å². The molecule has 0 bridgehead atoms. The highest BCUT2D eigenvalue weighted by Crippen LogP contribution is 2.29. The average Bonchev–Trinajstić information content (AvgIpc) is 2.93. The van der Waals surface area contributed by atoms with Crippen LogP contribution in [0.4, 0.5) is 0 Å². The molecule has 27 heavy (non-hydrogen) atoms. The topological polar surface area (TPSA) is 138 Å². The number of aliphatic hydroxyl groups is 3. The van der Waals surface area contributed by atoms with Crippen molar-refractivity contribution in [3.05, 3.63) is 80.0 Å². The van der Waals surface area contributed by atoms with Gasteiger partial charge in [-0.05, 0) is 18.1 Å². The maximum Gasteiger partial charge on any atom is 0.334 e. The zero-order valence-electron chi connectivity index (χ0n) is 14.5. The predicted molar refractivity (Wildman–Crippen MR) is 95.8 cm³/mol. The molecule has 1 unspecified atom stereocenters. The third-order valence-corrected chi connectivity index (χ3v) is 4.40. The number of benzene rings is 1. The van der Waals surface area contributed by atoms with Crippen molar-refractivity contribution >= 4 is 5.71 Å². The molecule has 1 aromatic heterocycles. The zero-order valence-corrected chi connectivity index (χ0v) is 14.5. The Labute approximate surface area is 153 Å². The van der Waals surface area contributed by atoms with Crippen LogP contribution in [0.5, 0.6) is 0 Å². The van der Waals surface area contributed by atoms with E-state index in [0.717, 1.165) is 27.0 Å². The first-order valence-electron chi connectivity index (χ1n) is 8.18. The van der Waals surface area contributed by atoms with E-state index >= 15 is 0 Å². The molecule has 0 spiro atoms. The van der Waals surface area contributed by atoms with Gasteiger partial charge in [-0.15, -0.1) is 0 Å².